The lowest BCUT2D eigenvalue weighted by Crippen LogP contribution is -2.31. The molecule has 20 heavy (non-hydrogen) atoms. The molecule has 1 aliphatic rings. The molecule has 0 atom stereocenters. The van der Waals surface area contributed by atoms with Crippen molar-refractivity contribution in [1.82, 2.24) is 5.43 Å². The van der Waals surface area contributed by atoms with Crippen molar-refractivity contribution in [3.8, 4) is 0 Å². The smallest absolute Gasteiger partial charge is 0.271 e. The molecule has 0 bridgehead atoms. The predicted octanol–water partition coefficient (Wildman–Crippen LogP) is 3.21. The first-order valence-corrected chi connectivity index (χ1v) is 6.87. The Balaban J connectivity index is 2.05. The van der Waals surface area contributed by atoms with E-state index in [1.54, 1.807) is 24.3 Å². The highest BCUT2D eigenvalue weighted by Crippen LogP contribution is 2.31. The molecule has 5 heteroatoms. The molecule has 0 aromatic heterocycles. The summed E-state index contributed by atoms with van der Waals surface area (Å²) in [5.74, 6) is -0.159. The lowest BCUT2D eigenvalue weighted by molar-refractivity contribution is -0.120. The van der Waals surface area contributed by atoms with Gasteiger partial charge in [-0.1, -0.05) is 31.5 Å². The molecule has 1 saturated carbocycles. The number of rotatable bonds is 2. The second-order valence-electron chi connectivity index (χ2n) is 5.86. The van der Waals surface area contributed by atoms with Crippen LogP contribution in [-0.2, 0) is 4.79 Å². The number of nitrogens with zero attached hydrogens (tertiary/aromatic N) is 1. The van der Waals surface area contributed by atoms with E-state index in [1.165, 1.54) is 0 Å². The zero-order chi connectivity index (χ0) is 14.8. The zero-order valence-corrected chi connectivity index (χ0v) is 12.3. The molecule has 0 radical (unpaired) electrons. The van der Waals surface area contributed by atoms with Crippen molar-refractivity contribution in [2.45, 2.75) is 33.1 Å². The van der Waals surface area contributed by atoms with Crippen LogP contribution >= 0.6 is 11.6 Å². The lowest BCUT2D eigenvalue weighted by atomic mass is 9.76. The van der Waals surface area contributed by atoms with E-state index in [2.05, 4.69) is 10.5 Å². The van der Waals surface area contributed by atoms with Gasteiger partial charge in [-0.15, -0.1) is 0 Å². The number of hydrazone groups is 1. The van der Waals surface area contributed by atoms with Gasteiger partial charge < -0.3 is 0 Å². The first-order valence-electron chi connectivity index (χ1n) is 6.49. The molecule has 0 aliphatic heterocycles. The molecule has 1 amide bonds. The standard InChI is InChI=1S/C15H17ClN2O2/c1-15(2)8-12(7-13(19)9-15)17-18-14(20)10-4-3-5-11(16)6-10/h3-6H,7-9H2,1-2H3,(H,18,20)/b17-12-. The summed E-state index contributed by atoms with van der Waals surface area (Å²) in [5, 5.41) is 4.59. The number of Topliss-reactive ketones (excluding diaryl/α,β-unsaturated/α-hetero) is 1. The van der Waals surface area contributed by atoms with Gasteiger partial charge in [0.2, 0.25) is 0 Å². The maximum absolute atomic E-state index is 11.9. The highest BCUT2D eigenvalue weighted by atomic mass is 35.5. The maximum atomic E-state index is 11.9. The van der Waals surface area contributed by atoms with Crippen molar-refractivity contribution in [3.05, 3.63) is 34.9 Å². The normalized spacial score (nSPS) is 19.9. The summed E-state index contributed by atoms with van der Waals surface area (Å²) >= 11 is 5.83. The van der Waals surface area contributed by atoms with Gasteiger partial charge in [0.15, 0.2) is 0 Å². The third-order valence-corrected chi connectivity index (χ3v) is 3.40. The van der Waals surface area contributed by atoms with Gasteiger partial charge in [-0.2, -0.15) is 5.10 Å². The average molecular weight is 293 g/mol. The first kappa shape index (κ1) is 14.7. The Hall–Kier alpha value is -1.68. The molecule has 1 aliphatic carbocycles. The van der Waals surface area contributed by atoms with Crippen molar-refractivity contribution in [1.29, 1.82) is 0 Å². The second-order valence-corrected chi connectivity index (χ2v) is 6.30. The number of amides is 1. The molecule has 1 aromatic carbocycles. The highest BCUT2D eigenvalue weighted by Gasteiger charge is 2.30. The molecule has 0 unspecified atom stereocenters. The summed E-state index contributed by atoms with van der Waals surface area (Å²) in [4.78, 5) is 23.6. The van der Waals surface area contributed by atoms with E-state index in [9.17, 15) is 9.59 Å². The van der Waals surface area contributed by atoms with Gasteiger partial charge >= 0.3 is 0 Å². The van der Waals surface area contributed by atoms with Crippen molar-refractivity contribution < 1.29 is 9.59 Å². The van der Waals surface area contributed by atoms with Crippen LogP contribution in [0.2, 0.25) is 5.02 Å². The number of nitrogens with one attached hydrogen (secondary N) is 1. The minimum Gasteiger partial charge on any atom is -0.299 e. The molecule has 0 heterocycles. The van der Waals surface area contributed by atoms with Crippen LogP contribution in [0.25, 0.3) is 0 Å². The van der Waals surface area contributed by atoms with Gasteiger partial charge in [-0.3, -0.25) is 9.59 Å². The van der Waals surface area contributed by atoms with Crippen LogP contribution in [0, 0.1) is 5.41 Å². The summed E-state index contributed by atoms with van der Waals surface area (Å²) in [6.07, 6.45) is 1.60. The van der Waals surface area contributed by atoms with Gasteiger partial charge in [0, 0.05) is 29.1 Å². The van der Waals surface area contributed by atoms with E-state index in [1.807, 2.05) is 13.8 Å². The van der Waals surface area contributed by atoms with Gasteiger partial charge in [0.25, 0.3) is 5.91 Å². The third-order valence-electron chi connectivity index (χ3n) is 3.16. The van der Waals surface area contributed by atoms with E-state index in [0.29, 0.717) is 29.8 Å². The highest BCUT2D eigenvalue weighted by molar-refractivity contribution is 6.30. The van der Waals surface area contributed by atoms with Crippen molar-refractivity contribution >= 4 is 29.0 Å². The molecular formula is C15H17ClN2O2. The van der Waals surface area contributed by atoms with E-state index in [0.717, 1.165) is 5.71 Å². The summed E-state index contributed by atoms with van der Waals surface area (Å²) in [6.45, 7) is 4.05. The molecule has 1 fully saturated rings. The van der Waals surface area contributed by atoms with Crippen LogP contribution in [0.5, 0.6) is 0 Å². The fourth-order valence-corrected chi connectivity index (χ4v) is 2.59. The largest absolute Gasteiger partial charge is 0.299 e. The first-order chi connectivity index (χ1) is 9.35. The summed E-state index contributed by atoms with van der Waals surface area (Å²) in [5.41, 5.74) is 3.58. The number of benzene rings is 1. The number of hydrogen-bond donors (Lipinski definition) is 1. The summed E-state index contributed by atoms with van der Waals surface area (Å²) in [6, 6.07) is 6.65. The Bertz CT molecular complexity index is 579. The minimum atomic E-state index is -0.323. The summed E-state index contributed by atoms with van der Waals surface area (Å²) in [7, 11) is 0. The molecule has 106 valence electrons. The minimum absolute atomic E-state index is 0.0883. The van der Waals surface area contributed by atoms with Gasteiger partial charge in [0.05, 0.1) is 0 Å². The monoisotopic (exact) mass is 292 g/mol. The summed E-state index contributed by atoms with van der Waals surface area (Å²) < 4.78 is 0. The number of ketones is 1. The average Bonchev–Trinajstić information content (AvgIpc) is 2.33. The molecule has 4 nitrogen and oxygen atoms in total. The molecule has 1 aromatic rings. The van der Waals surface area contributed by atoms with Crippen molar-refractivity contribution in [3.63, 3.8) is 0 Å². The molecular weight excluding hydrogens is 276 g/mol. The Morgan fingerprint density at radius 1 is 1.35 bits per heavy atom. The molecule has 2 rings (SSSR count). The maximum Gasteiger partial charge on any atom is 0.271 e. The number of carbonyl (C=O) groups excluding carboxylic acids is 2. The van der Waals surface area contributed by atoms with Gasteiger partial charge in [-0.05, 0) is 30.0 Å². The predicted molar refractivity (Wildman–Crippen MR) is 79.0 cm³/mol. The number of carbonyl (C=O) groups is 2. The fourth-order valence-electron chi connectivity index (χ4n) is 2.40. The van der Waals surface area contributed by atoms with Gasteiger partial charge in [-0.25, -0.2) is 5.43 Å². The molecule has 0 saturated heterocycles. The van der Waals surface area contributed by atoms with E-state index in [-0.39, 0.29) is 17.1 Å². The Morgan fingerprint density at radius 2 is 2.10 bits per heavy atom. The lowest BCUT2D eigenvalue weighted by Gasteiger charge is -2.28. The van der Waals surface area contributed by atoms with E-state index >= 15 is 0 Å². The Morgan fingerprint density at radius 3 is 2.75 bits per heavy atom. The van der Waals surface area contributed by atoms with Crippen molar-refractivity contribution in [2.24, 2.45) is 10.5 Å². The topological polar surface area (TPSA) is 58.5 Å². The van der Waals surface area contributed by atoms with Crippen LogP contribution in [0.3, 0.4) is 0 Å². The van der Waals surface area contributed by atoms with Crippen LogP contribution < -0.4 is 5.43 Å². The quantitative estimate of drug-likeness (QED) is 0.851. The van der Waals surface area contributed by atoms with E-state index in [4.69, 9.17) is 11.6 Å². The Labute approximate surface area is 123 Å². The van der Waals surface area contributed by atoms with E-state index < -0.39 is 0 Å². The van der Waals surface area contributed by atoms with Crippen molar-refractivity contribution in [2.75, 3.05) is 0 Å². The van der Waals surface area contributed by atoms with Gasteiger partial charge in [0.1, 0.15) is 5.78 Å². The number of halogens is 1. The third kappa shape index (κ3) is 3.90. The number of hydrogen-bond acceptors (Lipinski definition) is 3. The van der Waals surface area contributed by atoms with Crippen LogP contribution in [0.4, 0.5) is 0 Å². The second kappa shape index (κ2) is 5.75. The van der Waals surface area contributed by atoms with Crippen LogP contribution in [0.15, 0.2) is 29.4 Å². The zero-order valence-electron chi connectivity index (χ0n) is 11.6. The fraction of sp³-hybridized carbons (Fsp3) is 0.400. The van der Waals surface area contributed by atoms with Crippen LogP contribution in [-0.4, -0.2) is 17.4 Å². The molecule has 0 spiro atoms. The Kier molecular flexibility index (Phi) is 4.23. The van der Waals surface area contributed by atoms with Crippen LogP contribution in [0.1, 0.15) is 43.5 Å². The SMILES string of the molecule is CC1(C)CC(=O)C/C(=N/NC(=O)c2cccc(Cl)c2)C1. The molecule has 1 N–H and O–H groups in total.